The number of hydrogen-bond acceptors (Lipinski definition) is 4. The minimum Gasteiger partial charge on any atom is -0.478 e. The summed E-state index contributed by atoms with van der Waals surface area (Å²) in [5.74, 6) is -1.10. The van der Waals surface area contributed by atoms with Gasteiger partial charge in [0.2, 0.25) is 10.0 Å². The van der Waals surface area contributed by atoms with Crippen LogP contribution >= 0.6 is 0 Å². The lowest BCUT2D eigenvalue weighted by Gasteiger charge is -2.30. The number of nitrogens with zero attached hydrogens (tertiary/aromatic N) is 1. The number of aromatic carboxylic acids is 1. The zero-order valence-electron chi connectivity index (χ0n) is 14.1. The van der Waals surface area contributed by atoms with Crippen LogP contribution in [-0.2, 0) is 10.0 Å². The number of anilines is 1. The van der Waals surface area contributed by atoms with Crippen molar-refractivity contribution >= 4 is 21.7 Å². The molecular weight excluding hydrogens is 328 g/mol. The van der Waals surface area contributed by atoms with Crippen LogP contribution in [0.15, 0.2) is 23.1 Å². The molecule has 0 saturated carbocycles. The van der Waals surface area contributed by atoms with Crippen molar-refractivity contribution in [1.29, 1.82) is 0 Å². The summed E-state index contributed by atoms with van der Waals surface area (Å²) in [4.78, 5) is 13.6. The topological polar surface area (TPSA) is 86.7 Å². The highest BCUT2D eigenvalue weighted by atomic mass is 32.2. The van der Waals surface area contributed by atoms with Gasteiger partial charge in [0.15, 0.2) is 0 Å². The molecule has 7 heteroatoms. The van der Waals surface area contributed by atoms with Gasteiger partial charge in [-0.3, -0.25) is 0 Å². The SMILES string of the molecule is CCCCCNS(=O)(=O)c1ccc(N2CCCCC2)c(C(=O)O)c1. The van der Waals surface area contributed by atoms with Crippen molar-refractivity contribution in [2.45, 2.75) is 50.3 Å². The highest BCUT2D eigenvalue weighted by molar-refractivity contribution is 7.89. The molecule has 1 heterocycles. The highest BCUT2D eigenvalue weighted by Crippen LogP contribution is 2.27. The van der Waals surface area contributed by atoms with E-state index < -0.39 is 16.0 Å². The van der Waals surface area contributed by atoms with Crippen LogP contribution in [-0.4, -0.2) is 39.1 Å². The Labute approximate surface area is 143 Å². The van der Waals surface area contributed by atoms with E-state index >= 15 is 0 Å². The van der Waals surface area contributed by atoms with Crippen LogP contribution in [0.5, 0.6) is 0 Å². The first-order valence-corrected chi connectivity index (χ1v) is 10.1. The molecule has 1 saturated heterocycles. The predicted octanol–water partition coefficient (Wildman–Crippen LogP) is 2.84. The fraction of sp³-hybridized carbons (Fsp3) is 0.588. The molecule has 134 valence electrons. The number of carboxylic acids is 1. The molecule has 0 bridgehead atoms. The number of nitrogens with one attached hydrogen (secondary N) is 1. The third kappa shape index (κ3) is 4.70. The Morgan fingerprint density at radius 2 is 1.92 bits per heavy atom. The van der Waals surface area contributed by atoms with E-state index in [1.807, 2.05) is 11.8 Å². The molecule has 0 aliphatic carbocycles. The average molecular weight is 354 g/mol. The maximum absolute atomic E-state index is 12.3. The Hall–Kier alpha value is -1.60. The van der Waals surface area contributed by atoms with Gasteiger partial charge >= 0.3 is 5.97 Å². The third-order valence-electron chi connectivity index (χ3n) is 4.28. The summed E-state index contributed by atoms with van der Waals surface area (Å²) in [6.07, 6.45) is 5.93. The zero-order chi connectivity index (χ0) is 17.6. The van der Waals surface area contributed by atoms with Gasteiger partial charge in [-0.2, -0.15) is 0 Å². The zero-order valence-corrected chi connectivity index (χ0v) is 14.9. The molecule has 0 radical (unpaired) electrons. The number of unbranched alkanes of at least 4 members (excludes halogenated alkanes) is 2. The molecule has 1 aliphatic heterocycles. The van der Waals surface area contributed by atoms with E-state index in [4.69, 9.17) is 0 Å². The molecule has 6 nitrogen and oxygen atoms in total. The van der Waals surface area contributed by atoms with Gasteiger partial charge in [-0.25, -0.2) is 17.9 Å². The number of benzene rings is 1. The van der Waals surface area contributed by atoms with Gasteiger partial charge in [0.25, 0.3) is 0 Å². The first-order valence-electron chi connectivity index (χ1n) is 8.57. The third-order valence-corrected chi connectivity index (χ3v) is 5.74. The smallest absolute Gasteiger partial charge is 0.337 e. The standard InChI is InChI=1S/C17H26N2O4S/c1-2-3-5-10-18-24(22,23)14-8-9-16(15(13-14)17(20)21)19-11-6-4-7-12-19/h8-9,13,18H,2-7,10-12H2,1H3,(H,20,21). The lowest BCUT2D eigenvalue weighted by atomic mass is 10.1. The van der Waals surface area contributed by atoms with E-state index in [0.717, 1.165) is 51.6 Å². The summed E-state index contributed by atoms with van der Waals surface area (Å²) in [6.45, 7) is 4.03. The van der Waals surface area contributed by atoms with Gasteiger partial charge in [-0.15, -0.1) is 0 Å². The Morgan fingerprint density at radius 1 is 1.21 bits per heavy atom. The van der Waals surface area contributed by atoms with Crippen LogP contribution in [0.1, 0.15) is 55.8 Å². The summed E-state index contributed by atoms with van der Waals surface area (Å²) < 4.78 is 27.2. The number of carboxylic acid groups (broad SMARTS) is 1. The quantitative estimate of drug-likeness (QED) is 0.701. The van der Waals surface area contributed by atoms with Gasteiger partial charge in [-0.05, 0) is 43.9 Å². The van der Waals surface area contributed by atoms with Crippen LogP contribution in [0.4, 0.5) is 5.69 Å². The Morgan fingerprint density at radius 3 is 2.54 bits per heavy atom. The second kappa shape index (κ2) is 8.48. The molecule has 0 aromatic heterocycles. The molecular formula is C17H26N2O4S. The van der Waals surface area contributed by atoms with Crippen LogP contribution < -0.4 is 9.62 Å². The highest BCUT2D eigenvalue weighted by Gasteiger charge is 2.22. The fourth-order valence-corrected chi connectivity index (χ4v) is 4.03. The largest absolute Gasteiger partial charge is 0.478 e. The van der Waals surface area contributed by atoms with E-state index in [0.29, 0.717) is 12.2 Å². The summed E-state index contributed by atoms with van der Waals surface area (Å²) >= 11 is 0. The minimum atomic E-state index is -3.68. The van der Waals surface area contributed by atoms with Crippen molar-refractivity contribution in [3.8, 4) is 0 Å². The molecule has 1 fully saturated rings. The second-order valence-corrected chi connectivity index (χ2v) is 7.90. The number of sulfonamides is 1. The Bertz CT molecular complexity index is 667. The van der Waals surface area contributed by atoms with E-state index in [9.17, 15) is 18.3 Å². The lowest BCUT2D eigenvalue weighted by molar-refractivity contribution is 0.0697. The van der Waals surface area contributed by atoms with E-state index in [-0.39, 0.29) is 10.5 Å². The van der Waals surface area contributed by atoms with Crippen LogP contribution in [0.25, 0.3) is 0 Å². The van der Waals surface area contributed by atoms with Gasteiger partial charge in [0.05, 0.1) is 16.1 Å². The van der Waals surface area contributed by atoms with Crippen LogP contribution in [0, 0.1) is 0 Å². The minimum absolute atomic E-state index is 0.0113. The van der Waals surface area contributed by atoms with Crippen molar-refractivity contribution in [3.63, 3.8) is 0 Å². The monoisotopic (exact) mass is 354 g/mol. The second-order valence-electron chi connectivity index (χ2n) is 6.14. The molecule has 1 aromatic carbocycles. The molecule has 2 rings (SSSR count). The van der Waals surface area contributed by atoms with Crippen LogP contribution in [0.2, 0.25) is 0 Å². The molecule has 0 unspecified atom stereocenters. The number of carbonyl (C=O) groups is 1. The van der Waals surface area contributed by atoms with Gasteiger partial charge in [-0.1, -0.05) is 19.8 Å². The number of hydrogen-bond donors (Lipinski definition) is 2. The predicted molar refractivity (Wildman–Crippen MR) is 94.2 cm³/mol. The molecule has 1 aliphatic rings. The molecule has 24 heavy (non-hydrogen) atoms. The number of piperidine rings is 1. The molecule has 0 atom stereocenters. The molecule has 0 amide bonds. The summed E-state index contributed by atoms with van der Waals surface area (Å²) in [6, 6.07) is 4.39. The van der Waals surface area contributed by atoms with Gasteiger partial charge in [0, 0.05) is 19.6 Å². The maximum atomic E-state index is 12.3. The van der Waals surface area contributed by atoms with Gasteiger partial charge < -0.3 is 10.0 Å². The Kier molecular flexibility index (Phi) is 6.62. The summed E-state index contributed by atoms with van der Waals surface area (Å²) in [5.41, 5.74) is 0.653. The normalized spacial score (nSPS) is 15.5. The lowest BCUT2D eigenvalue weighted by Crippen LogP contribution is -2.31. The average Bonchev–Trinajstić information content (AvgIpc) is 2.59. The Balaban J connectivity index is 2.22. The molecule has 1 aromatic rings. The van der Waals surface area contributed by atoms with E-state index in [2.05, 4.69) is 4.72 Å². The summed E-state index contributed by atoms with van der Waals surface area (Å²) in [7, 11) is -3.68. The van der Waals surface area contributed by atoms with E-state index in [1.54, 1.807) is 6.07 Å². The summed E-state index contributed by atoms with van der Waals surface area (Å²) in [5, 5.41) is 9.49. The van der Waals surface area contributed by atoms with Crippen molar-refractivity contribution in [2.24, 2.45) is 0 Å². The fourth-order valence-electron chi connectivity index (χ4n) is 2.93. The van der Waals surface area contributed by atoms with Crippen LogP contribution in [0.3, 0.4) is 0 Å². The van der Waals surface area contributed by atoms with E-state index in [1.165, 1.54) is 12.1 Å². The van der Waals surface area contributed by atoms with Crippen molar-refractivity contribution in [1.82, 2.24) is 4.72 Å². The van der Waals surface area contributed by atoms with Crippen molar-refractivity contribution in [3.05, 3.63) is 23.8 Å². The van der Waals surface area contributed by atoms with Gasteiger partial charge in [0.1, 0.15) is 0 Å². The first kappa shape index (κ1) is 18.7. The molecule has 0 spiro atoms. The molecule has 2 N–H and O–H groups in total. The number of rotatable bonds is 8. The van der Waals surface area contributed by atoms with Crippen molar-refractivity contribution in [2.75, 3.05) is 24.5 Å². The van der Waals surface area contributed by atoms with Crippen molar-refractivity contribution < 1.29 is 18.3 Å². The maximum Gasteiger partial charge on any atom is 0.337 e. The first-order chi connectivity index (χ1) is 11.5.